The normalized spacial score (nSPS) is 9.82. The zero-order valence-electron chi connectivity index (χ0n) is 5.66. The van der Waals surface area contributed by atoms with E-state index < -0.39 is 11.7 Å². The van der Waals surface area contributed by atoms with Gasteiger partial charge in [0.15, 0.2) is 5.82 Å². The van der Waals surface area contributed by atoms with Crippen LogP contribution in [0.2, 0.25) is 0 Å². The third kappa shape index (κ3) is 2.24. The number of carbonyl (C=O) groups excluding carboxylic acids is 1. The minimum atomic E-state index is -0.621. The van der Waals surface area contributed by atoms with E-state index in [-0.39, 0.29) is 6.42 Å². The number of primary amides is 1. The lowest BCUT2D eigenvalue weighted by Gasteiger charge is -1.87. The summed E-state index contributed by atoms with van der Waals surface area (Å²) in [6.07, 6.45) is 0.462. The van der Waals surface area contributed by atoms with E-state index in [4.69, 9.17) is 5.73 Å². The van der Waals surface area contributed by atoms with Crippen LogP contribution in [-0.2, 0) is 11.2 Å². The first-order valence-corrected chi connectivity index (χ1v) is 3.01. The van der Waals surface area contributed by atoms with Gasteiger partial charge in [-0.15, -0.1) is 0 Å². The van der Waals surface area contributed by atoms with Gasteiger partial charge in [-0.05, 0) is 0 Å². The topological polar surface area (TPSA) is 102 Å². The molecule has 6 nitrogen and oxygen atoms in total. The second-order valence-electron chi connectivity index (χ2n) is 2.01. The van der Waals surface area contributed by atoms with Crippen LogP contribution in [0.4, 0.5) is 0 Å². The zero-order valence-corrected chi connectivity index (χ0v) is 5.66. The first kappa shape index (κ1) is 7.52. The minimum absolute atomic E-state index is 0.155. The van der Waals surface area contributed by atoms with Crippen LogP contribution in [0.3, 0.4) is 0 Å². The fourth-order valence-electron chi connectivity index (χ4n) is 0.610. The zero-order chi connectivity index (χ0) is 8.27. The highest BCUT2D eigenvalue weighted by atomic mass is 16.5. The van der Waals surface area contributed by atoms with Crippen LogP contribution in [0.15, 0.2) is 9.32 Å². The molecule has 0 spiro atoms. The SMILES string of the molecule is NC(=O)CCc1noc(=O)[nH]1. The Morgan fingerprint density at radius 3 is 2.91 bits per heavy atom. The van der Waals surface area contributed by atoms with Crippen molar-refractivity contribution in [1.82, 2.24) is 10.1 Å². The second kappa shape index (κ2) is 3.00. The number of amides is 1. The fourth-order valence-corrected chi connectivity index (χ4v) is 0.610. The van der Waals surface area contributed by atoms with E-state index in [0.29, 0.717) is 12.2 Å². The highest BCUT2D eigenvalue weighted by Gasteiger charge is 2.01. The van der Waals surface area contributed by atoms with E-state index in [0.717, 1.165) is 0 Å². The molecule has 60 valence electrons. The molecule has 1 amide bonds. The van der Waals surface area contributed by atoms with Crippen molar-refractivity contribution in [2.45, 2.75) is 12.8 Å². The highest BCUT2D eigenvalue weighted by Crippen LogP contribution is 1.90. The summed E-state index contributed by atoms with van der Waals surface area (Å²) in [5.74, 6) is -0.716. The van der Waals surface area contributed by atoms with Crippen molar-refractivity contribution < 1.29 is 9.32 Å². The number of hydrogen-bond acceptors (Lipinski definition) is 4. The van der Waals surface area contributed by atoms with Gasteiger partial charge in [-0.1, -0.05) is 5.16 Å². The summed E-state index contributed by atoms with van der Waals surface area (Å²) in [7, 11) is 0. The molecule has 1 rings (SSSR count). The standard InChI is InChI=1S/C5H7N3O3/c6-3(9)1-2-4-7-5(10)11-8-4/h1-2H2,(H2,6,9)(H,7,8,10). The molecule has 1 heterocycles. The summed E-state index contributed by atoms with van der Waals surface area (Å²) in [6, 6.07) is 0. The van der Waals surface area contributed by atoms with Gasteiger partial charge in [0.1, 0.15) is 0 Å². The molecule has 0 radical (unpaired) electrons. The molecule has 6 heteroatoms. The van der Waals surface area contributed by atoms with Crippen LogP contribution in [0.25, 0.3) is 0 Å². The Bertz CT molecular complexity index is 300. The van der Waals surface area contributed by atoms with Crippen molar-refractivity contribution in [3.8, 4) is 0 Å². The molecular formula is C5H7N3O3. The molecular weight excluding hydrogens is 150 g/mol. The lowest BCUT2D eigenvalue weighted by molar-refractivity contribution is -0.118. The van der Waals surface area contributed by atoms with E-state index in [9.17, 15) is 9.59 Å². The molecule has 0 bridgehead atoms. The number of hydrogen-bond donors (Lipinski definition) is 2. The predicted molar refractivity (Wildman–Crippen MR) is 34.6 cm³/mol. The molecule has 0 aliphatic rings. The summed E-state index contributed by atoms with van der Waals surface area (Å²) in [4.78, 5) is 22.9. The first-order chi connectivity index (χ1) is 5.18. The molecule has 3 N–H and O–H groups in total. The van der Waals surface area contributed by atoms with E-state index in [1.54, 1.807) is 0 Å². The van der Waals surface area contributed by atoms with Crippen molar-refractivity contribution in [3.05, 3.63) is 16.4 Å². The number of rotatable bonds is 3. The van der Waals surface area contributed by atoms with Crippen molar-refractivity contribution in [2.75, 3.05) is 0 Å². The van der Waals surface area contributed by atoms with Crippen LogP contribution in [-0.4, -0.2) is 16.0 Å². The Hall–Kier alpha value is -1.59. The third-order valence-electron chi connectivity index (χ3n) is 1.09. The van der Waals surface area contributed by atoms with Gasteiger partial charge >= 0.3 is 5.76 Å². The molecule has 0 aliphatic carbocycles. The van der Waals surface area contributed by atoms with Gasteiger partial charge < -0.3 is 5.73 Å². The second-order valence-corrected chi connectivity index (χ2v) is 2.01. The number of nitrogens with one attached hydrogen (secondary N) is 1. The molecule has 0 fully saturated rings. The monoisotopic (exact) mass is 157 g/mol. The molecule has 0 aromatic carbocycles. The number of aromatic nitrogens is 2. The van der Waals surface area contributed by atoms with Gasteiger partial charge in [0.25, 0.3) is 0 Å². The Kier molecular flexibility index (Phi) is 2.05. The molecule has 0 saturated heterocycles. The van der Waals surface area contributed by atoms with Gasteiger partial charge in [0, 0.05) is 12.8 Å². The van der Waals surface area contributed by atoms with Crippen LogP contribution in [0.5, 0.6) is 0 Å². The maximum Gasteiger partial charge on any atom is 0.438 e. The number of nitrogens with two attached hydrogens (primary N) is 1. The number of nitrogens with zero attached hydrogens (tertiary/aromatic N) is 1. The quantitative estimate of drug-likeness (QED) is 0.574. The van der Waals surface area contributed by atoms with Crippen LogP contribution < -0.4 is 11.5 Å². The average Bonchev–Trinajstić information content (AvgIpc) is 2.31. The van der Waals surface area contributed by atoms with Gasteiger partial charge in [-0.25, -0.2) is 4.79 Å². The average molecular weight is 157 g/mol. The molecule has 0 saturated carbocycles. The Morgan fingerprint density at radius 2 is 2.45 bits per heavy atom. The molecule has 0 aliphatic heterocycles. The third-order valence-corrected chi connectivity index (χ3v) is 1.09. The summed E-state index contributed by atoms with van der Waals surface area (Å²) in [5, 5.41) is 3.34. The fraction of sp³-hybridized carbons (Fsp3) is 0.400. The maximum absolute atomic E-state index is 10.3. The van der Waals surface area contributed by atoms with E-state index in [1.165, 1.54) is 0 Å². The molecule has 0 atom stereocenters. The van der Waals surface area contributed by atoms with E-state index in [2.05, 4.69) is 14.7 Å². The molecule has 11 heavy (non-hydrogen) atoms. The molecule has 1 aromatic rings. The Morgan fingerprint density at radius 1 is 1.73 bits per heavy atom. The predicted octanol–water partition coefficient (Wildman–Crippen LogP) is -1.22. The lowest BCUT2D eigenvalue weighted by Crippen LogP contribution is -2.11. The molecule has 0 unspecified atom stereocenters. The van der Waals surface area contributed by atoms with Crippen molar-refractivity contribution >= 4 is 5.91 Å². The number of carbonyl (C=O) groups is 1. The minimum Gasteiger partial charge on any atom is -0.370 e. The molecule has 1 aromatic heterocycles. The van der Waals surface area contributed by atoms with Crippen molar-refractivity contribution in [1.29, 1.82) is 0 Å². The van der Waals surface area contributed by atoms with Crippen LogP contribution in [0, 0.1) is 0 Å². The van der Waals surface area contributed by atoms with Crippen molar-refractivity contribution in [3.63, 3.8) is 0 Å². The smallest absolute Gasteiger partial charge is 0.370 e. The number of H-pyrrole nitrogens is 1. The van der Waals surface area contributed by atoms with Gasteiger partial charge in [0.2, 0.25) is 5.91 Å². The van der Waals surface area contributed by atoms with Crippen LogP contribution >= 0.6 is 0 Å². The van der Waals surface area contributed by atoms with E-state index in [1.807, 2.05) is 0 Å². The first-order valence-electron chi connectivity index (χ1n) is 3.01. The van der Waals surface area contributed by atoms with Gasteiger partial charge in [-0.3, -0.25) is 14.3 Å². The Labute approximate surface area is 61.4 Å². The van der Waals surface area contributed by atoms with Gasteiger partial charge in [0.05, 0.1) is 0 Å². The largest absolute Gasteiger partial charge is 0.438 e. The summed E-state index contributed by atoms with van der Waals surface area (Å²) in [5.41, 5.74) is 4.86. The van der Waals surface area contributed by atoms with Crippen molar-refractivity contribution in [2.24, 2.45) is 5.73 Å². The summed E-state index contributed by atoms with van der Waals surface area (Å²) in [6.45, 7) is 0. The number of aromatic amines is 1. The van der Waals surface area contributed by atoms with Crippen LogP contribution in [0.1, 0.15) is 12.2 Å². The highest BCUT2D eigenvalue weighted by molar-refractivity contribution is 5.73. The summed E-state index contributed by atoms with van der Waals surface area (Å²) >= 11 is 0. The Balaban J connectivity index is 2.51. The van der Waals surface area contributed by atoms with E-state index >= 15 is 0 Å². The maximum atomic E-state index is 10.3. The lowest BCUT2D eigenvalue weighted by atomic mass is 10.3. The summed E-state index contributed by atoms with van der Waals surface area (Å²) < 4.78 is 4.18. The number of aryl methyl sites for hydroxylation is 1. The van der Waals surface area contributed by atoms with Gasteiger partial charge in [-0.2, -0.15) is 0 Å².